The van der Waals surface area contributed by atoms with Crippen molar-refractivity contribution >= 4 is 36.0 Å². The first-order chi connectivity index (χ1) is 15.3. The number of nitrogens with zero attached hydrogens (tertiary/aromatic N) is 4. The maximum absolute atomic E-state index is 12.6. The third-order valence-corrected chi connectivity index (χ3v) is 5.83. The highest BCUT2D eigenvalue weighted by atomic mass is 127. The number of H-pyrrole nitrogens is 1. The molecule has 10 nitrogen and oxygen atoms in total. The quantitative estimate of drug-likeness (QED) is 0.286. The molecule has 2 aromatic heterocycles. The van der Waals surface area contributed by atoms with Crippen LogP contribution in [0.1, 0.15) is 52.3 Å². The molecule has 0 radical (unpaired) electrons. The standard InChI is InChI=1S/C22H33N7O3.HI/c1-22(2,3)32-21(30)29-15-7-8-16(29)13-14(12-15)25-20(23-4)24-10-9-18-26-19(28-27-18)17-6-5-11-31-17;/h5-6,11,14-16H,7-10,12-13H2,1-4H3,(H2,23,24,25)(H,26,27,28);1H. The van der Waals surface area contributed by atoms with Crippen LogP contribution in [0.15, 0.2) is 27.8 Å². The number of fused-ring (bicyclic) bond motifs is 2. The van der Waals surface area contributed by atoms with Gasteiger partial charge in [-0.05, 0) is 58.6 Å². The van der Waals surface area contributed by atoms with Crippen LogP contribution < -0.4 is 10.6 Å². The van der Waals surface area contributed by atoms with Gasteiger partial charge in [0.25, 0.3) is 0 Å². The number of guanidine groups is 1. The Kier molecular flexibility index (Phi) is 8.24. The Hall–Kier alpha value is -2.31. The fourth-order valence-corrected chi connectivity index (χ4v) is 4.52. The summed E-state index contributed by atoms with van der Waals surface area (Å²) in [6.45, 7) is 6.39. The van der Waals surface area contributed by atoms with E-state index in [9.17, 15) is 4.79 Å². The summed E-state index contributed by atoms with van der Waals surface area (Å²) >= 11 is 0. The molecule has 33 heavy (non-hydrogen) atoms. The molecule has 182 valence electrons. The molecule has 2 atom stereocenters. The second kappa shape index (κ2) is 10.7. The minimum Gasteiger partial charge on any atom is -0.461 e. The summed E-state index contributed by atoms with van der Waals surface area (Å²) in [7, 11) is 1.77. The van der Waals surface area contributed by atoms with Crippen LogP contribution >= 0.6 is 24.0 Å². The van der Waals surface area contributed by atoms with Crippen LogP contribution in [0.5, 0.6) is 0 Å². The largest absolute Gasteiger partial charge is 0.461 e. The molecule has 2 bridgehead atoms. The molecular formula is C22H34IN7O3. The lowest BCUT2D eigenvalue weighted by atomic mass is 9.98. The molecule has 2 aromatic rings. The zero-order chi connectivity index (χ0) is 22.7. The highest BCUT2D eigenvalue weighted by Crippen LogP contribution is 2.36. The van der Waals surface area contributed by atoms with E-state index in [-0.39, 0.29) is 48.2 Å². The first-order valence-corrected chi connectivity index (χ1v) is 11.3. The molecule has 2 aliphatic heterocycles. The molecule has 1 amide bonds. The fourth-order valence-electron chi connectivity index (χ4n) is 4.52. The maximum atomic E-state index is 12.6. The lowest BCUT2D eigenvalue weighted by Crippen LogP contribution is -2.55. The van der Waals surface area contributed by atoms with E-state index in [0.717, 1.165) is 37.5 Å². The van der Waals surface area contributed by atoms with E-state index in [1.807, 2.05) is 37.8 Å². The third-order valence-electron chi connectivity index (χ3n) is 5.83. The van der Waals surface area contributed by atoms with E-state index in [1.54, 1.807) is 13.3 Å². The lowest BCUT2D eigenvalue weighted by molar-refractivity contribution is 0.00545. The van der Waals surface area contributed by atoms with Crippen LogP contribution in [0.2, 0.25) is 0 Å². The molecule has 3 N–H and O–H groups in total. The van der Waals surface area contributed by atoms with Crippen LogP contribution in [0.25, 0.3) is 11.6 Å². The third kappa shape index (κ3) is 6.39. The van der Waals surface area contributed by atoms with Gasteiger partial charge >= 0.3 is 6.09 Å². The van der Waals surface area contributed by atoms with Gasteiger partial charge in [0, 0.05) is 38.1 Å². The zero-order valence-corrected chi connectivity index (χ0v) is 22.0. The number of aromatic nitrogens is 3. The van der Waals surface area contributed by atoms with Crippen LogP contribution in [-0.2, 0) is 11.2 Å². The van der Waals surface area contributed by atoms with Gasteiger partial charge in [-0.15, -0.1) is 24.0 Å². The van der Waals surface area contributed by atoms with Crippen molar-refractivity contribution in [1.29, 1.82) is 0 Å². The van der Waals surface area contributed by atoms with Crippen molar-refractivity contribution in [2.45, 2.75) is 76.6 Å². The number of halogens is 1. The van der Waals surface area contributed by atoms with Gasteiger partial charge in [-0.25, -0.2) is 9.78 Å². The monoisotopic (exact) mass is 571 g/mol. The number of aromatic amines is 1. The van der Waals surface area contributed by atoms with Gasteiger partial charge in [0.15, 0.2) is 11.7 Å². The second-order valence-electron chi connectivity index (χ2n) is 9.42. The Bertz CT molecular complexity index is 924. The number of hydrogen-bond acceptors (Lipinski definition) is 6. The molecule has 11 heteroatoms. The van der Waals surface area contributed by atoms with E-state index in [2.05, 4.69) is 30.8 Å². The summed E-state index contributed by atoms with van der Waals surface area (Å²) in [6, 6.07) is 4.35. The summed E-state index contributed by atoms with van der Waals surface area (Å²) in [4.78, 5) is 23.4. The fraction of sp³-hybridized carbons (Fsp3) is 0.636. The number of piperidine rings is 1. The SMILES string of the molecule is CN=C(NCCc1nc(-c2ccco2)n[nH]1)NC1CC2CCC(C1)N2C(=O)OC(C)(C)C.I. The van der Waals surface area contributed by atoms with Gasteiger partial charge in [-0.3, -0.25) is 10.1 Å². The van der Waals surface area contributed by atoms with Gasteiger partial charge in [0.2, 0.25) is 5.82 Å². The first-order valence-electron chi connectivity index (χ1n) is 11.3. The van der Waals surface area contributed by atoms with E-state index in [0.29, 0.717) is 24.6 Å². The summed E-state index contributed by atoms with van der Waals surface area (Å²) < 4.78 is 11.0. The van der Waals surface area contributed by atoms with E-state index in [4.69, 9.17) is 9.15 Å². The van der Waals surface area contributed by atoms with Crippen LogP contribution in [-0.4, -0.2) is 69.5 Å². The van der Waals surface area contributed by atoms with Gasteiger partial charge in [-0.1, -0.05) is 0 Å². The van der Waals surface area contributed by atoms with Gasteiger partial charge in [-0.2, -0.15) is 5.10 Å². The summed E-state index contributed by atoms with van der Waals surface area (Å²) in [5.74, 6) is 2.74. The lowest BCUT2D eigenvalue weighted by Gasteiger charge is -2.40. The minimum atomic E-state index is -0.472. The Morgan fingerprint density at radius 1 is 1.33 bits per heavy atom. The number of aliphatic imine (C=N–C) groups is 1. The Morgan fingerprint density at radius 2 is 2.06 bits per heavy atom. The van der Waals surface area contributed by atoms with Crippen molar-refractivity contribution in [2.24, 2.45) is 4.99 Å². The number of ether oxygens (including phenoxy) is 1. The molecule has 2 fully saturated rings. The molecule has 0 saturated carbocycles. The number of hydrogen-bond donors (Lipinski definition) is 3. The number of carbonyl (C=O) groups excluding carboxylic acids is 1. The van der Waals surface area contributed by atoms with Gasteiger partial charge < -0.3 is 24.7 Å². The Balaban J connectivity index is 0.00000306. The first kappa shape index (κ1) is 25.3. The predicted molar refractivity (Wildman–Crippen MR) is 136 cm³/mol. The Morgan fingerprint density at radius 3 is 2.67 bits per heavy atom. The van der Waals surface area contributed by atoms with Crippen molar-refractivity contribution < 1.29 is 13.9 Å². The molecule has 2 aliphatic rings. The number of nitrogens with one attached hydrogen (secondary N) is 3. The van der Waals surface area contributed by atoms with Crippen LogP contribution in [0.4, 0.5) is 4.79 Å². The topological polar surface area (TPSA) is 121 Å². The molecule has 4 heterocycles. The zero-order valence-electron chi connectivity index (χ0n) is 19.6. The smallest absolute Gasteiger partial charge is 0.410 e. The molecule has 2 unspecified atom stereocenters. The van der Waals surface area contributed by atoms with Crippen molar-refractivity contribution in [1.82, 2.24) is 30.7 Å². The highest BCUT2D eigenvalue weighted by Gasteiger charge is 2.45. The number of furan rings is 1. The Labute approximate surface area is 211 Å². The predicted octanol–water partition coefficient (Wildman–Crippen LogP) is 3.32. The molecule has 0 spiro atoms. The molecule has 2 saturated heterocycles. The molecule has 4 rings (SSSR count). The van der Waals surface area contributed by atoms with E-state index in [1.165, 1.54) is 0 Å². The van der Waals surface area contributed by atoms with E-state index >= 15 is 0 Å². The average Bonchev–Trinajstić information content (AvgIpc) is 3.46. The number of amides is 1. The van der Waals surface area contributed by atoms with Gasteiger partial charge in [0.1, 0.15) is 11.4 Å². The molecular weight excluding hydrogens is 537 g/mol. The summed E-state index contributed by atoms with van der Waals surface area (Å²) in [5.41, 5.74) is -0.472. The average molecular weight is 571 g/mol. The van der Waals surface area contributed by atoms with Crippen molar-refractivity contribution in [3.8, 4) is 11.6 Å². The number of carbonyl (C=O) groups is 1. The normalized spacial score (nSPS) is 22.6. The second-order valence-corrected chi connectivity index (χ2v) is 9.42. The van der Waals surface area contributed by atoms with Crippen LogP contribution in [0, 0.1) is 0 Å². The minimum absolute atomic E-state index is 0. The van der Waals surface area contributed by atoms with Crippen LogP contribution in [0.3, 0.4) is 0 Å². The van der Waals surface area contributed by atoms with Gasteiger partial charge in [0.05, 0.1) is 6.26 Å². The van der Waals surface area contributed by atoms with E-state index < -0.39 is 5.60 Å². The van der Waals surface area contributed by atoms with Crippen molar-refractivity contribution in [3.05, 3.63) is 24.2 Å². The molecule has 0 aliphatic carbocycles. The number of rotatable bonds is 5. The maximum Gasteiger partial charge on any atom is 0.410 e. The van der Waals surface area contributed by atoms with Crippen molar-refractivity contribution in [2.75, 3.05) is 13.6 Å². The summed E-state index contributed by atoms with van der Waals surface area (Å²) in [5, 5.41) is 14.0. The molecule has 0 aromatic carbocycles. The van der Waals surface area contributed by atoms with Crippen molar-refractivity contribution in [3.63, 3.8) is 0 Å². The summed E-state index contributed by atoms with van der Waals surface area (Å²) in [6.07, 6.45) is 5.93. The highest BCUT2D eigenvalue weighted by molar-refractivity contribution is 14.0.